The summed E-state index contributed by atoms with van der Waals surface area (Å²) in [7, 11) is -4.20. The molecule has 2 amide bonds. The Morgan fingerprint density at radius 1 is 1.36 bits per heavy atom. The van der Waals surface area contributed by atoms with Crippen molar-refractivity contribution in [2.75, 3.05) is 5.32 Å². The third-order valence-electron chi connectivity index (χ3n) is 2.99. The fourth-order valence-electron chi connectivity index (χ4n) is 1.85. The first-order chi connectivity index (χ1) is 11.7. The van der Waals surface area contributed by atoms with E-state index in [-0.39, 0.29) is 11.6 Å². The van der Waals surface area contributed by atoms with E-state index in [1.807, 2.05) is 0 Å². The van der Waals surface area contributed by atoms with Gasteiger partial charge in [-0.2, -0.15) is 4.72 Å². The lowest BCUT2D eigenvalue weighted by atomic mass is 10.3. The summed E-state index contributed by atoms with van der Waals surface area (Å²) in [5.74, 6) is -2.16. The van der Waals surface area contributed by atoms with Crippen LogP contribution >= 0.6 is 11.3 Å². The molecule has 11 heteroatoms. The van der Waals surface area contributed by atoms with Gasteiger partial charge in [-0.25, -0.2) is 17.8 Å². The number of nitrogens with zero attached hydrogens (tertiary/aromatic N) is 1. The molecule has 1 atom stereocenters. The van der Waals surface area contributed by atoms with Gasteiger partial charge in [-0.1, -0.05) is 12.1 Å². The van der Waals surface area contributed by atoms with Crippen LogP contribution in [0.3, 0.4) is 0 Å². The Hall–Kier alpha value is -2.37. The van der Waals surface area contributed by atoms with Crippen LogP contribution in [0.5, 0.6) is 0 Å². The number of rotatable bonds is 7. The smallest absolute Gasteiger partial charge is 0.244 e. The molecule has 25 heavy (non-hydrogen) atoms. The van der Waals surface area contributed by atoms with Gasteiger partial charge in [-0.3, -0.25) is 9.59 Å². The Bertz CT molecular complexity index is 898. The Balaban J connectivity index is 2.04. The molecule has 0 aliphatic rings. The molecule has 1 aromatic carbocycles. The zero-order chi connectivity index (χ0) is 18.6. The standard InChI is InChI=1S/C14H15FN4O4S2/c1-8(19-25(22,23)11-5-3-2-4-10(11)15)13(21)18-14-17-9(7-24-14)6-12(16)20/h2-5,7-8,19H,6H2,1H3,(H2,16,20)(H,17,18,21)/t8-/m1/s1. The number of hydrogen-bond donors (Lipinski definition) is 3. The number of sulfonamides is 1. The number of anilines is 1. The molecule has 0 spiro atoms. The number of carbonyl (C=O) groups is 2. The zero-order valence-corrected chi connectivity index (χ0v) is 14.7. The number of amides is 2. The van der Waals surface area contributed by atoms with Crippen molar-refractivity contribution in [3.05, 3.63) is 41.2 Å². The van der Waals surface area contributed by atoms with Crippen molar-refractivity contribution in [3.8, 4) is 0 Å². The van der Waals surface area contributed by atoms with Crippen LogP contribution in [0.1, 0.15) is 12.6 Å². The molecule has 1 aromatic heterocycles. The molecule has 0 unspecified atom stereocenters. The van der Waals surface area contributed by atoms with Crippen molar-refractivity contribution in [2.24, 2.45) is 5.73 Å². The second-order valence-electron chi connectivity index (χ2n) is 5.05. The van der Waals surface area contributed by atoms with Gasteiger partial charge in [0.05, 0.1) is 18.2 Å². The van der Waals surface area contributed by atoms with E-state index in [0.29, 0.717) is 5.69 Å². The van der Waals surface area contributed by atoms with Gasteiger partial charge in [0.25, 0.3) is 0 Å². The lowest BCUT2D eigenvalue weighted by molar-refractivity contribution is -0.118. The second-order valence-corrected chi connectivity index (χ2v) is 7.59. The van der Waals surface area contributed by atoms with Gasteiger partial charge < -0.3 is 11.1 Å². The molecule has 0 aliphatic heterocycles. The van der Waals surface area contributed by atoms with Crippen LogP contribution in [0, 0.1) is 5.82 Å². The van der Waals surface area contributed by atoms with Crippen LogP contribution in [0.15, 0.2) is 34.5 Å². The quantitative estimate of drug-likeness (QED) is 0.642. The number of thiazole rings is 1. The van der Waals surface area contributed by atoms with Crippen molar-refractivity contribution in [1.82, 2.24) is 9.71 Å². The minimum absolute atomic E-state index is 0.0676. The van der Waals surface area contributed by atoms with E-state index in [1.54, 1.807) is 5.38 Å². The highest BCUT2D eigenvalue weighted by atomic mass is 32.2. The fraction of sp³-hybridized carbons (Fsp3) is 0.214. The van der Waals surface area contributed by atoms with Gasteiger partial charge in [0.1, 0.15) is 10.7 Å². The number of primary amides is 1. The lowest BCUT2D eigenvalue weighted by Crippen LogP contribution is -2.41. The van der Waals surface area contributed by atoms with Gasteiger partial charge >= 0.3 is 0 Å². The highest BCUT2D eigenvalue weighted by molar-refractivity contribution is 7.89. The molecule has 1 heterocycles. The maximum Gasteiger partial charge on any atom is 0.244 e. The Labute approximate surface area is 147 Å². The molecule has 0 radical (unpaired) electrons. The van der Waals surface area contributed by atoms with Crippen LogP contribution in [0.2, 0.25) is 0 Å². The molecular formula is C14H15FN4O4S2. The molecule has 0 bridgehead atoms. The van der Waals surface area contributed by atoms with Crippen LogP contribution in [0.4, 0.5) is 9.52 Å². The van der Waals surface area contributed by atoms with Gasteiger partial charge in [-0.05, 0) is 19.1 Å². The van der Waals surface area contributed by atoms with Gasteiger partial charge in [0.15, 0.2) is 5.13 Å². The third-order valence-corrected chi connectivity index (χ3v) is 5.37. The van der Waals surface area contributed by atoms with Crippen molar-refractivity contribution in [3.63, 3.8) is 0 Å². The van der Waals surface area contributed by atoms with Gasteiger partial charge in [0, 0.05) is 5.38 Å². The summed E-state index contributed by atoms with van der Waals surface area (Å²) in [6.07, 6.45) is -0.0676. The average molecular weight is 386 g/mol. The van der Waals surface area contributed by atoms with E-state index in [4.69, 9.17) is 5.73 Å². The number of halogens is 1. The summed E-state index contributed by atoms with van der Waals surface area (Å²) >= 11 is 1.07. The van der Waals surface area contributed by atoms with Gasteiger partial charge in [-0.15, -0.1) is 11.3 Å². The topological polar surface area (TPSA) is 131 Å². The number of nitrogens with two attached hydrogens (primary N) is 1. The van der Waals surface area contributed by atoms with Crippen molar-refractivity contribution in [2.45, 2.75) is 24.3 Å². The summed E-state index contributed by atoms with van der Waals surface area (Å²) < 4.78 is 40.0. The van der Waals surface area contributed by atoms with E-state index in [2.05, 4.69) is 15.0 Å². The zero-order valence-electron chi connectivity index (χ0n) is 13.0. The van der Waals surface area contributed by atoms with E-state index in [0.717, 1.165) is 23.5 Å². The summed E-state index contributed by atoms with van der Waals surface area (Å²) in [5.41, 5.74) is 5.45. The van der Waals surface area contributed by atoms with Crippen LogP contribution in [-0.2, 0) is 26.0 Å². The van der Waals surface area contributed by atoms with E-state index >= 15 is 0 Å². The number of nitrogens with one attached hydrogen (secondary N) is 2. The average Bonchev–Trinajstić information content (AvgIpc) is 2.93. The normalized spacial score (nSPS) is 12.6. The molecular weight excluding hydrogens is 371 g/mol. The minimum Gasteiger partial charge on any atom is -0.369 e. The van der Waals surface area contributed by atoms with Crippen LogP contribution in [0.25, 0.3) is 0 Å². The first kappa shape index (κ1) is 19.0. The van der Waals surface area contributed by atoms with E-state index in [1.165, 1.54) is 19.1 Å². The number of hydrogen-bond acceptors (Lipinski definition) is 6. The maximum atomic E-state index is 13.6. The third kappa shape index (κ3) is 5.05. The van der Waals surface area contributed by atoms with E-state index < -0.39 is 38.6 Å². The van der Waals surface area contributed by atoms with Crippen molar-refractivity contribution < 1.29 is 22.4 Å². The molecule has 0 saturated carbocycles. The molecule has 0 aliphatic carbocycles. The minimum atomic E-state index is -4.20. The Kier molecular flexibility index (Phi) is 5.82. The summed E-state index contributed by atoms with van der Waals surface area (Å²) in [4.78, 5) is 26.3. The van der Waals surface area contributed by atoms with Crippen LogP contribution < -0.4 is 15.8 Å². The fourth-order valence-corrected chi connectivity index (χ4v) is 3.85. The molecule has 0 saturated heterocycles. The molecule has 8 nitrogen and oxygen atoms in total. The largest absolute Gasteiger partial charge is 0.369 e. The van der Waals surface area contributed by atoms with Crippen molar-refractivity contribution in [1.29, 1.82) is 0 Å². The maximum absolute atomic E-state index is 13.6. The summed E-state index contributed by atoms with van der Waals surface area (Å²) in [5, 5.41) is 4.16. The van der Waals surface area contributed by atoms with Crippen molar-refractivity contribution >= 4 is 38.3 Å². The molecule has 0 fully saturated rings. The Morgan fingerprint density at radius 3 is 2.68 bits per heavy atom. The molecule has 2 rings (SSSR count). The monoisotopic (exact) mass is 386 g/mol. The molecule has 2 aromatic rings. The predicted molar refractivity (Wildman–Crippen MR) is 89.8 cm³/mol. The SMILES string of the molecule is C[C@@H](NS(=O)(=O)c1ccccc1F)C(=O)Nc1nc(CC(N)=O)cs1. The number of carbonyl (C=O) groups excluding carboxylic acids is 2. The van der Waals surface area contributed by atoms with Crippen LogP contribution in [-0.4, -0.2) is 31.3 Å². The first-order valence-corrected chi connectivity index (χ1v) is 9.36. The van der Waals surface area contributed by atoms with Gasteiger partial charge in [0.2, 0.25) is 21.8 Å². The highest BCUT2D eigenvalue weighted by Crippen LogP contribution is 2.17. The summed E-state index contributed by atoms with van der Waals surface area (Å²) in [6, 6.07) is 3.66. The molecule has 134 valence electrons. The first-order valence-electron chi connectivity index (χ1n) is 6.99. The van der Waals surface area contributed by atoms with E-state index in [9.17, 15) is 22.4 Å². The number of benzene rings is 1. The molecule has 4 N–H and O–H groups in total. The summed E-state index contributed by atoms with van der Waals surface area (Å²) in [6.45, 7) is 1.31. The lowest BCUT2D eigenvalue weighted by Gasteiger charge is -2.13. The number of aromatic nitrogens is 1. The highest BCUT2D eigenvalue weighted by Gasteiger charge is 2.25. The Morgan fingerprint density at radius 2 is 2.04 bits per heavy atom. The predicted octanol–water partition coefficient (Wildman–Crippen LogP) is 0.615. The second kappa shape index (κ2) is 7.68.